The average molecular weight is 301 g/mol. The van der Waals surface area contributed by atoms with E-state index in [1.165, 1.54) is 0 Å². The molecule has 1 aliphatic heterocycles. The summed E-state index contributed by atoms with van der Waals surface area (Å²) in [5.41, 5.74) is 0. The maximum atomic E-state index is 12.4. The Balaban J connectivity index is 2.11. The standard InChI is InChI=1S/C13H20NO3PS/c1-18-17-13(12-8-5-9-14-12)10-19(15,16)11-6-3-2-4-7-11/h2-4,6-7,12-14,18H,5,8-10H2,1H3. The summed E-state index contributed by atoms with van der Waals surface area (Å²) in [5.74, 6) is 0.0511. The third kappa shape index (κ3) is 3.99. The molecule has 106 valence electrons. The zero-order chi connectivity index (χ0) is 13.7. The molecule has 0 radical (unpaired) electrons. The second kappa shape index (κ2) is 6.80. The van der Waals surface area contributed by atoms with E-state index in [-0.39, 0.29) is 17.9 Å². The third-order valence-corrected chi connectivity index (χ3v) is 5.60. The lowest BCUT2D eigenvalue weighted by molar-refractivity contribution is 0.210. The molecule has 1 aromatic rings. The second-order valence-electron chi connectivity index (χ2n) is 4.66. The number of hydrogen-bond acceptors (Lipinski definition) is 4. The Kier molecular flexibility index (Phi) is 5.34. The van der Waals surface area contributed by atoms with E-state index < -0.39 is 9.84 Å². The van der Waals surface area contributed by atoms with Crippen LogP contribution >= 0.6 is 8.81 Å². The van der Waals surface area contributed by atoms with Crippen molar-refractivity contribution in [2.45, 2.75) is 29.9 Å². The molecule has 0 aliphatic carbocycles. The van der Waals surface area contributed by atoms with E-state index in [0.717, 1.165) is 19.4 Å². The largest absolute Gasteiger partial charge is 0.357 e. The topological polar surface area (TPSA) is 55.4 Å². The molecule has 2 rings (SSSR count). The van der Waals surface area contributed by atoms with Gasteiger partial charge in [0.25, 0.3) is 0 Å². The highest BCUT2D eigenvalue weighted by Gasteiger charge is 2.30. The Morgan fingerprint density at radius 2 is 2.16 bits per heavy atom. The van der Waals surface area contributed by atoms with Crippen molar-refractivity contribution in [2.24, 2.45) is 0 Å². The summed E-state index contributed by atoms with van der Waals surface area (Å²) in [6, 6.07) is 8.76. The molecule has 4 nitrogen and oxygen atoms in total. The van der Waals surface area contributed by atoms with Crippen LogP contribution in [0.3, 0.4) is 0 Å². The SMILES string of the molecule is CPOC(CS(=O)(=O)c1ccccc1)C1CCCN1. The van der Waals surface area contributed by atoms with Gasteiger partial charge < -0.3 is 9.84 Å². The predicted octanol–water partition coefficient (Wildman–Crippen LogP) is 1.82. The summed E-state index contributed by atoms with van der Waals surface area (Å²) in [7, 11) is -2.98. The van der Waals surface area contributed by atoms with E-state index in [1.807, 2.05) is 12.7 Å². The van der Waals surface area contributed by atoms with Crippen molar-refractivity contribution in [1.29, 1.82) is 0 Å². The molecular weight excluding hydrogens is 281 g/mol. The summed E-state index contributed by atoms with van der Waals surface area (Å²) < 4.78 is 30.4. The molecule has 0 bridgehead atoms. The van der Waals surface area contributed by atoms with Gasteiger partial charge in [0.05, 0.1) is 16.8 Å². The lowest BCUT2D eigenvalue weighted by Crippen LogP contribution is -2.40. The Morgan fingerprint density at radius 1 is 1.42 bits per heavy atom. The van der Waals surface area contributed by atoms with Crippen molar-refractivity contribution in [3.8, 4) is 0 Å². The molecule has 1 aliphatic rings. The summed E-state index contributed by atoms with van der Waals surface area (Å²) in [4.78, 5) is 0.376. The molecule has 0 spiro atoms. The molecule has 0 amide bonds. The minimum Gasteiger partial charge on any atom is -0.357 e. The highest BCUT2D eigenvalue weighted by atomic mass is 32.2. The molecule has 0 saturated carbocycles. The highest BCUT2D eigenvalue weighted by molar-refractivity contribution is 7.91. The van der Waals surface area contributed by atoms with Gasteiger partial charge in [-0.25, -0.2) is 8.42 Å². The molecule has 1 N–H and O–H groups in total. The number of benzene rings is 1. The minimum absolute atomic E-state index is 0.0511. The molecule has 3 unspecified atom stereocenters. The van der Waals surface area contributed by atoms with Crippen LogP contribution in [0.5, 0.6) is 0 Å². The monoisotopic (exact) mass is 301 g/mol. The van der Waals surface area contributed by atoms with Gasteiger partial charge in [-0.3, -0.25) is 0 Å². The Hall–Kier alpha value is -0.480. The van der Waals surface area contributed by atoms with Crippen LogP contribution in [0.1, 0.15) is 12.8 Å². The lowest BCUT2D eigenvalue weighted by Gasteiger charge is -2.23. The van der Waals surface area contributed by atoms with Crippen LogP contribution in [0, 0.1) is 0 Å². The van der Waals surface area contributed by atoms with Gasteiger partial charge in [-0.2, -0.15) is 0 Å². The molecule has 1 aromatic carbocycles. The fourth-order valence-corrected chi connectivity index (χ4v) is 4.52. The van der Waals surface area contributed by atoms with E-state index in [1.54, 1.807) is 24.3 Å². The molecule has 3 atom stereocenters. The molecule has 1 heterocycles. The average Bonchev–Trinajstić information content (AvgIpc) is 2.93. The van der Waals surface area contributed by atoms with Gasteiger partial charge >= 0.3 is 0 Å². The van der Waals surface area contributed by atoms with E-state index >= 15 is 0 Å². The van der Waals surface area contributed by atoms with Crippen LogP contribution < -0.4 is 5.32 Å². The van der Waals surface area contributed by atoms with Gasteiger partial charge in [-0.05, 0) is 38.2 Å². The smallest absolute Gasteiger partial charge is 0.180 e. The summed E-state index contributed by atoms with van der Waals surface area (Å²) in [6.07, 6.45) is 1.82. The normalized spacial score (nSPS) is 22.1. The van der Waals surface area contributed by atoms with Crippen molar-refractivity contribution in [3.05, 3.63) is 30.3 Å². The van der Waals surface area contributed by atoms with E-state index in [4.69, 9.17) is 4.52 Å². The van der Waals surface area contributed by atoms with E-state index in [9.17, 15) is 8.42 Å². The Labute approximate surface area is 116 Å². The van der Waals surface area contributed by atoms with Gasteiger partial charge in [-0.1, -0.05) is 18.2 Å². The second-order valence-corrected chi connectivity index (χ2v) is 7.34. The van der Waals surface area contributed by atoms with Crippen molar-refractivity contribution >= 4 is 18.6 Å². The van der Waals surface area contributed by atoms with Gasteiger partial charge in [0.1, 0.15) is 0 Å². The molecule has 0 aromatic heterocycles. The summed E-state index contributed by atoms with van der Waals surface area (Å²) in [6.45, 7) is 2.87. The molecule has 6 heteroatoms. The van der Waals surface area contributed by atoms with E-state index in [0.29, 0.717) is 13.7 Å². The maximum absolute atomic E-state index is 12.4. The van der Waals surface area contributed by atoms with Crippen LogP contribution in [0.15, 0.2) is 35.2 Å². The highest BCUT2D eigenvalue weighted by Crippen LogP contribution is 2.22. The van der Waals surface area contributed by atoms with Gasteiger partial charge in [-0.15, -0.1) is 0 Å². The van der Waals surface area contributed by atoms with Crippen molar-refractivity contribution in [1.82, 2.24) is 5.32 Å². The zero-order valence-corrected chi connectivity index (χ0v) is 12.8. The van der Waals surface area contributed by atoms with Gasteiger partial charge in [0, 0.05) is 14.8 Å². The maximum Gasteiger partial charge on any atom is 0.180 e. The first-order valence-electron chi connectivity index (χ1n) is 6.47. The number of sulfone groups is 1. The fraction of sp³-hybridized carbons (Fsp3) is 0.538. The number of hydrogen-bond donors (Lipinski definition) is 1. The molecule has 1 fully saturated rings. The Bertz CT molecular complexity index is 486. The zero-order valence-electron chi connectivity index (χ0n) is 11.0. The van der Waals surface area contributed by atoms with Crippen LogP contribution in [-0.2, 0) is 14.4 Å². The summed E-state index contributed by atoms with van der Waals surface area (Å²) >= 11 is 0. The molecular formula is C13H20NO3PS. The summed E-state index contributed by atoms with van der Waals surface area (Å²) in [5, 5.41) is 3.33. The fourth-order valence-electron chi connectivity index (χ4n) is 2.35. The molecule has 19 heavy (non-hydrogen) atoms. The van der Waals surface area contributed by atoms with Crippen LogP contribution in [-0.4, -0.2) is 39.5 Å². The van der Waals surface area contributed by atoms with Crippen LogP contribution in [0.2, 0.25) is 0 Å². The lowest BCUT2D eigenvalue weighted by atomic mass is 10.1. The van der Waals surface area contributed by atoms with Gasteiger partial charge in [0.15, 0.2) is 9.84 Å². The quantitative estimate of drug-likeness (QED) is 0.814. The minimum atomic E-state index is -3.28. The first kappa shape index (κ1) is 14.9. The first-order chi connectivity index (χ1) is 9.13. The van der Waals surface area contributed by atoms with Crippen molar-refractivity contribution in [3.63, 3.8) is 0 Å². The molecule has 1 saturated heterocycles. The van der Waals surface area contributed by atoms with Gasteiger partial charge in [0.2, 0.25) is 0 Å². The van der Waals surface area contributed by atoms with Crippen molar-refractivity contribution in [2.75, 3.05) is 19.0 Å². The number of nitrogens with one attached hydrogen (secondary N) is 1. The third-order valence-electron chi connectivity index (χ3n) is 3.30. The predicted molar refractivity (Wildman–Crippen MR) is 78.6 cm³/mol. The number of rotatable bonds is 6. The van der Waals surface area contributed by atoms with Crippen molar-refractivity contribution < 1.29 is 12.9 Å². The first-order valence-corrected chi connectivity index (χ1v) is 9.53. The van der Waals surface area contributed by atoms with E-state index in [2.05, 4.69) is 5.32 Å². The Morgan fingerprint density at radius 3 is 2.74 bits per heavy atom. The van der Waals surface area contributed by atoms with Crippen LogP contribution in [0.25, 0.3) is 0 Å². The van der Waals surface area contributed by atoms with Crippen LogP contribution in [0.4, 0.5) is 0 Å².